The number of hydrogen-bond donors (Lipinski definition) is 0. The van der Waals surface area contributed by atoms with Crippen LogP contribution in [-0.4, -0.2) is 40.7 Å². The quantitative estimate of drug-likeness (QED) is 0.417. The molecule has 0 aliphatic rings. The maximum absolute atomic E-state index is 5.78. The molecule has 80 valence electrons. The summed E-state index contributed by atoms with van der Waals surface area (Å²) in [5, 5.41) is 0. The molecule has 0 N–H and O–H groups in total. The molecule has 0 aliphatic heterocycles. The van der Waals surface area contributed by atoms with Gasteiger partial charge in [-0.25, -0.2) is 0 Å². The molecule has 0 unspecified atom stereocenters. The molecule has 0 aromatic carbocycles. The number of hydrogen-bond acceptors (Lipinski definition) is 3. The Morgan fingerprint density at radius 1 is 0.846 bits per heavy atom. The van der Waals surface area contributed by atoms with Gasteiger partial charge < -0.3 is 0 Å². The third-order valence-corrected chi connectivity index (χ3v) is 71.1. The molecule has 0 nitrogen and oxygen atoms in total. The average Bonchev–Trinajstić information content (AvgIpc) is 1.43. The van der Waals surface area contributed by atoms with Crippen molar-refractivity contribution in [2.24, 2.45) is 0 Å². The molecule has 0 heterocycles. The first-order valence-corrected chi connectivity index (χ1v) is 34.6. The summed E-state index contributed by atoms with van der Waals surface area (Å²) in [6.07, 6.45) is 0. The Kier molecular flexibility index (Phi) is 6.77. The summed E-state index contributed by atoms with van der Waals surface area (Å²) in [5.41, 5.74) is 0. The summed E-state index contributed by atoms with van der Waals surface area (Å²) in [6.45, 7) is 2.35. The van der Waals surface area contributed by atoms with Crippen molar-refractivity contribution in [2.45, 2.75) is 29.6 Å². The van der Waals surface area contributed by atoms with E-state index in [2.05, 4.69) is 53.4 Å². The van der Waals surface area contributed by atoms with Crippen LogP contribution in [0.15, 0.2) is 0 Å². The molecule has 0 aliphatic carbocycles. The predicted octanol–water partition coefficient (Wildman–Crippen LogP) is 5.06. The Morgan fingerprint density at radius 3 is 1.23 bits per heavy atom. The first-order chi connectivity index (χ1) is 5.41. The van der Waals surface area contributed by atoms with E-state index in [1.165, 1.54) is 0 Å². The fourth-order valence-corrected chi connectivity index (χ4v) is 137. The molecule has 0 saturated heterocycles. The van der Waals surface area contributed by atoms with Gasteiger partial charge in [-0.15, -0.1) is 0 Å². The molecule has 6 heteroatoms. The Balaban J connectivity index is 4.35. The van der Waals surface area contributed by atoms with E-state index in [1.807, 2.05) is 0 Å². The van der Waals surface area contributed by atoms with Gasteiger partial charge in [-0.05, 0) is 0 Å². The molecule has 0 aromatic rings. The molecule has 0 rings (SSSR count). The van der Waals surface area contributed by atoms with E-state index >= 15 is 0 Å². The predicted molar refractivity (Wildman–Crippen MR) is 82.1 cm³/mol. The van der Waals surface area contributed by atoms with E-state index in [0.717, 1.165) is 0 Å². The van der Waals surface area contributed by atoms with Gasteiger partial charge in [0.05, 0.1) is 0 Å². The minimum atomic E-state index is -1.71. The monoisotopic (exact) mass is 472 g/mol. The third kappa shape index (κ3) is 11.2. The molecular formula is C7H21PS3Sn2. The Bertz CT molecular complexity index is 197. The average molecular weight is 470 g/mol. The molecule has 0 atom stereocenters. The molecule has 0 radical (unpaired) electrons. The van der Waals surface area contributed by atoms with Crippen LogP contribution in [0.25, 0.3) is 0 Å². The van der Waals surface area contributed by atoms with Crippen molar-refractivity contribution in [1.29, 1.82) is 0 Å². The molecule has 0 aromatic heterocycles. The summed E-state index contributed by atoms with van der Waals surface area (Å²) in [5.74, 6) is 0. The van der Waals surface area contributed by atoms with Gasteiger partial charge in [0.25, 0.3) is 0 Å². The normalized spacial score (nSPS) is 14.7. The van der Waals surface area contributed by atoms with Gasteiger partial charge >= 0.3 is 104 Å². The maximum atomic E-state index is 5.78. The van der Waals surface area contributed by atoms with Crippen molar-refractivity contribution < 1.29 is 0 Å². The standard InChI is InChI=1S/CH5PS3.6CH3.2Sn/c1-2(3,4)5;;;;;;;;/h1H3,(H2,3,4,5);6*1H3;;/q;;;;;;;2*+1/p-2. The molecule has 0 fully saturated rings. The first-order valence-electron chi connectivity index (χ1n) is 4.40. The van der Waals surface area contributed by atoms with Crippen LogP contribution in [0.5, 0.6) is 0 Å². The van der Waals surface area contributed by atoms with Gasteiger partial charge in [-0.1, -0.05) is 0 Å². The second-order valence-corrected chi connectivity index (χ2v) is 66.8. The summed E-state index contributed by atoms with van der Waals surface area (Å²) < 4.78 is -1.08. The second kappa shape index (κ2) is 5.52. The molecule has 0 spiro atoms. The van der Waals surface area contributed by atoms with Gasteiger partial charge in [-0.2, -0.15) is 0 Å². The van der Waals surface area contributed by atoms with Crippen LogP contribution >= 0.6 is 21.6 Å². The van der Waals surface area contributed by atoms with Gasteiger partial charge in [-0.3, -0.25) is 0 Å². The van der Waals surface area contributed by atoms with Crippen LogP contribution in [0, 0.1) is 0 Å². The first kappa shape index (κ1) is 15.9. The molecule has 0 saturated carbocycles. The van der Waals surface area contributed by atoms with Crippen molar-refractivity contribution in [1.82, 2.24) is 0 Å². The summed E-state index contributed by atoms with van der Waals surface area (Å²) in [7, 11) is 4.47. The van der Waals surface area contributed by atoms with Crippen molar-refractivity contribution >= 4 is 67.4 Å². The van der Waals surface area contributed by atoms with E-state index in [4.69, 9.17) is 11.8 Å². The van der Waals surface area contributed by atoms with Crippen LogP contribution < -0.4 is 0 Å². The van der Waals surface area contributed by atoms with Gasteiger partial charge in [0.15, 0.2) is 0 Å². The number of rotatable bonds is 4. The topological polar surface area (TPSA) is 0 Å². The Morgan fingerprint density at radius 2 is 1.08 bits per heavy atom. The molecule has 13 heavy (non-hydrogen) atoms. The summed E-state index contributed by atoms with van der Waals surface area (Å²) in [6, 6.07) is 0. The van der Waals surface area contributed by atoms with Crippen molar-refractivity contribution in [3.63, 3.8) is 0 Å². The van der Waals surface area contributed by atoms with Gasteiger partial charge in [0.1, 0.15) is 0 Å². The van der Waals surface area contributed by atoms with Gasteiger partial charge in [0, 0.05) is 0 Å². The van der Waals surface area contributed by atoms with Gasteiger partial charge in [0.2, 0.25) is 0 Å². The van der Waals surface area contributed by atoms with Crippen LogP contribution in [0.3, 0.4) is 0 Å². The summed E-state index contributed by atoms with van der Waals surface area (Å²) in [4.78, 5) is 14.8. The Labute approximate surface area is 102 Å². The van der Waals surface area contributed by atoms with Crippen molar-refractivity contribution in [2.75, 3.05) is 6.66 Å². The SMILES string of the molecule is CP(=S)([S][Sn]([CH3])([CH3])[CH3])[S][Sn]([CH3])([CH3])[CH3]. The van der Waals surface area contributed by atoms with Crippen molar-refractivity contribution in [3.05, 3.63) is 0 Å². The molecule has 0 bridgehead atoms. The molecule has 0 amide bonds. The zero-order valence-corrected chi connectivity index (χ0v) is 18.7. The van der Waals surface area contributed by atoms with E-state index in [0.29, 0.717) is 0 Å². The van der Waals surface area contributed by atoms with E-state index in [1.54, 1.807) is 0 Å². The van der Waals surface area contributed by atoms with E-state index in [-0.39, 0.29) is 0 Å². The summed E-state index contributed by atoms with van der Waals surface area (Å²) >= 11 is 2.37. The second-order valence-electron chi connectivity index (χ2n) is 5.18. The van der Waals surface area contributed by atoms with E-state index in [9.17, 15) is 0 Å². The molecular weight excluding hydrogens is 449 g/mol. The van der Waals surface area contributed by atoms with Crippen LogP contribution in [0.4, 0.5) is 0 Å². The Hall–Kier alpha value is 2.95. The minimum absolute atomic E-state index is 1.08. The third-order valence-electron chi connectivity index (χ3n) is 0.879. The van der Waals surface area contributed by atoms with Crippen LogP contribution in [0.2, 0.25) is 29.6 Å². The fraction of sp³-hybridized carbons (Fsp3) is 1.00. The zero-order valence-electron chi connectivity index (χ0n) is 9.67. The van der Waals surface area contributed by atoms with Crippen LogP contribution in [-0.2, 0) is 11.8 Å². The van der Waals surface area contributed by atoms with Crippen LogP contribution in [0.1, 0.15) is 0 Å². The van der Waals surface area contributed by atoms with E-state index < -0.39 is 38.4 Å². The fourth-order valence-electron chi connectivity index (χ4n) is 1.01. The zero-order chi connectivity index (χ0) is 10.9. The van der Waals surface area contributed by atoms with Crippen molar-refractivity contribution in [3.8, 4) is 0 Å².